The van der Waals surface area contributed by atoms with Gasteiger partial charge < -0.3 is 19.2 Å². The maximum atomic E-state index is 13.2. The lowest BCUT2D eigenvalue weighted by molar-refractivity contribution is -0.172. The number of esters is 1. The van der Waals surface area contributed by atoms with Gasteiger partial charge in [-0.25, -0.2) is 9.78 Å². The van der Waals surface area contributed by atoms with Gasteiger partial charge in [0, 0.05) is 22.1 Å². The third kappa shape index (κ3) is 2.94. The molecule has 0 saturated carbocycles. The molecule has 5 rings (SSSR count). The van der Waals surface area contributed by atoms with Gasteiger partial charge >= 0.3 is 5.97 Å². The Morgan fingerprint density at radius 1 is 1.34 bits per heavy atom. The zero-order chi connectivity index (χ0) is 22.6. The summed E-state index contributed by atoms with van der Waals surface area (Å²) >= 11 is 0. The van der Waals surface area contributed by atoms with Crippen LogP contribution < -0.4 is 5.56 Å². The molecular formula is C24H23N3O5. The van der Waals surface area contributed by atoms with Gasteiger partial charge in [-0.2, -0.15) is 0 Å². The highest BCUT2D eigenvalue weighted by Gasteiger charge is 2.45. The van der Waals surface area contributed by atoms with Crippen LogP contribution in [0.5, 0.6) is 0 Å². The van der Waals surface area contributed by atoms with Crippen molar-refractivity contribution in [1.29, 1.82) is 0 Å². The normalized spacial score (nSPS) is 19.2. The number of para-hydroxylation sites is 1. The Bertz CT molecular complexity index is 1360. The highest BCUT2D eigenvalue weighted by molar-refractivity contribution is 5.98. The number of hydrogen-bond donors (Lipinski definition) is 1. The molecule has 4 heterocycles. The van der Waals surface area contributed by atoms with Gasteiger partial charge in [0.1, 0.15) is 12.7 Å². The largest absolute Gasteiger partial charge is 0.458 e. The molecule has 0 fully saturated rings. The van der Waals surface area contributed by atoms with Crippen LogP contribution in [0.25, 0.3) is 22.3 Å². The Hall–Kier alpha value is -3.52. The minimum absolute atomic E-state index is 0.0348. The maximum absolute atomic E-state index is 13.2. The minimum Gasteiger partial charge on any atom is -0.458 e. The Labute approximate surface area is 184 Å². The molecule has 0 aliphatic carbocycles. The number of aliphatic hydroxyl groups is 1. The van der Waals surface area contributed by atoms with Crippen LogP contribution in [-0.2, 0) is 33.1 Å². The smallest absolute Gasteiger partial charge is 0.343 e. The molecule has 0 radical (unpaired) electrons. The topological polar surface area (TPSA) is 103 Å². The lowest BCUT2D eigenvalue weighted by Crippen LogP contribution is -2.44. The fourth-order valence-electron chi connectivity index (χ4n) is 4.34. The molecule has 0 bridgehead atoms. The second-order valence-electron chi connectivity index (χ2n) is 8.41. The van der Waals surface area contributed by atoms with Gasteiger partial charge in [-0.1, -0.05) is 30.3 Å². The molecule has 8 heteroatoms. The molecule has 1 N–H and O–H groups in total. The van der Waals surface area contributed by atoms with Gasteiger partial charge in [0.25, 0.3) is 5.56 Å². The third-order valence-electron chi connectivity index (χ3n) is 6.03. The van der Waals surface area contributed by atoms with Crippen molar-refractivity contribution in [2.75, 3.05) is 0 Å². The van der Waals surface area contributed by atoms with Gasteiger partial charge in [-0.05, 0) is 32.4 Å². The van der Waals surface area contributed by atoms with Crippen LogP contribution >= 0.6 is 0 Å². The molecule has 0 saturated heterocycles. The molecule has 2 aliphatic heterocycles. The molecule has 1 aromatic carbocycles. The lowest BCUT2D eigenvalue weighted by atomic mass is 9.86. The van der Waals surface area contributed by atoms with E-state index in [1.165, 1.54) is 0 Å². The zero-order valence-corrected chi connectivity index (χ0v) is 18.1. The van der Waals surface area contributed by atoms with Crippen LogP contribution in [-0.4, -0.2) is 32.9 Å². The van der Waals surface area contributed by atoms with E-state index in [1.54, 1.807) is 23.8 Å². The number of aromatic nitrogens is 2. The van der Waals surface area contributed by atoms with Crippen LogP contribution in [0.1, 0.15) is 49.4 Å². The number of carbonyl (C=O) groups excluding carboxylic acids is 1. The molecular weight excluding hydrogens is 410 g/mol. The summed E-state index contributed by atoms with van der Waals surface area (Å²) in [4.78, 5) is 35.7. The summed E-state index contributed by atoms with van der Waals surface area (Å²) in [6, 6.07) is 9.50. The number of fused-ring (bicyclic) bond motifs is 5. The van der Waals surface area contributed by atoms with E-state index in [0.29, 0.717) is 29.1 Å². The second kappa shape index (κ2) is 7.27. The summed E-state index contributed by atoms with van der Waals surface area (Å²) < 4.78 is 6.74. The van der Waals surface area contributed by atoms with E-state index in [1.807, 2.05) is 38.1 Å². The molecule has 164 valence electrons. The fourth-order valence-corrected chi connectivity index (χ4v) is 4.34. The van der Waals surface area contributed by atoms with Crippen molar-refractivity contribution in [3.63, 3.8) is 0 Å². The van der Waals surface area contributed by atoms with E-state index in [0.717, 1.165) is 22.0 Å². The van der Waals surface area contributed by atoms with Gasteiger partial charge in [-0.15, -0.1) is 0 Å². The number of oxime groups is 1. The summed E-state index contributed by atoms with van der Waals surface area (Å²) in [5.74, 6) is -0.731. The second-order valence-corrected chi connectivity index (χ2v) is 8.41. The van der Waals surface area contributed by atoms with Crippen molar-refractivity contribution in [3.05, 3.63) is 62.9 Å². The predicted octanol–water partition coefficient (Wildman–Crippen LogP) is 2.84. The van der Waals surface area contributed by atoms with Gasteiger partial charge in [0.05, 0.1) is 35.2 Å². The van der Waals surface area contributed by atoms with Crippen LogP contribution in [0.15, 0.2) is 40.3 Å². The summed E-state index contributed by atoms with van der Waals surface area (Å²) in [5.41, 5.74) is 2.16. The number of benzene rings is 1. The first kappa shape index (κ1) is 20.4. The van der Waals surface area contributed by atoms with Crippen LogP contribution in [0.4, 0.5) is 0 Å². The predicted molar refractivity (Wildman–Crippen MR) is 118 cm³/mol. The average molecular weight is 433 g/mol. The molecule has 2 aromatic heterocycles. The van der Waals surface area contributed by atoms with Gasteiger partial charge in [0.2, 0.25) is 0 Å². The van der Waals surface area contributed by atoms with E-state index in [9.17, 15) is 14.7 Å². The average Bonchev–Trinajstić information content (AvgIpc) is 3.13. The number of carbonyl (C=O) groups is 1. The quantitative estimate of drug-likeness (QED) is 0.302. The molecule has 32 heavy (non-hydrogen) atoms. The molecule has 0 unspecified atom stereocenters. The number of rotatable bonds is 4. The maximum Gasteiger partial charge on any atom is 0.343 e. The van der Waals surface area contributed by atoms with Crippen molar-refractivity contribution in [3.8, 4) is 11.4 Å². The molecule has 8 nitrogen and oxygen atoms in total. The van der Waals surface area contributed by atoms with Crippen molar-refractivity contribution < 1.29 is 19.5 Å². The van der Waals surface area contributed by atoms with Crippen molar-refractivity contribution in [1.82, 2.24) is 9.55 Å². The Balaban J connectivity index is 1.70. The van der Waals surface area contributed by atoms with Crippen LogP contribution in [0.2, 0.25) is 0 Å². The highest BCUT2D eigenvalue weighted by Crippen LogP contribution is 2.38. The van der Waals surface area contributed by atoms with E-state index in [2.05, 4.69) is 5.16 Å². The van der Waals surface area contributed by atoms with Crippen LogP contribution in [0, 0.1) is 0 Å². The van der Waals surface area contributed by atoms with E-state index >= 15 is 0 Å². The number of cyclic esters (lactones) is 1. The summed E-state index contributed by atoms with van der Waals surface area (Å²) in [5, 5.41) is 15.9. The fraction of sp³-hybridized carbons (Fsp3) is 0.333. The molecule has 1 atom stereocenters. The Kier molecular flexibility index (Phi) is 4.63. The van der Waals surface area contributed by atoms with Gasteiger partial charge in [0.15, 0.2) is 5.60 Å². The SMILES string of the molecule is CC[C@@]1(O)C(=O)OCc2c1cc1n(c2=O)Cc2cc3cccc(/C=N/OC(C)C)c3nc2-1. The molecule has 0 amide bonds. The van der Waals surface area contributed by atoms with E-state index in [4.69, 9.17) is 14.6 Å². The molecule has 2 aliphatic rings. The minimum atomic E-state index is -1.84. The monoisotopic (exact) mass is 433 g/mol. The first-order chi connectivity index (χ1) is 15.3. The molecule has 3 aromatic rings. The van der Waals surface area contributed by atoms with Crippen molar-refractivity contribution in [2.24, 2.45) is 5.16 Å². The Morgan fingerprint density at radius 3 is 2.91 bits per heavy atom. The zero-order valence-electron chi connectivity index (χ0n) is 18.1. The van der Waals surface area contributed by atoms with Gasteiger partial charge in [-0.3, -0.25) is 4.79 Å². The number of pyridine rings is 2. The number of nitrogens with zero attached hydrogens (tertiary/aromatic N) is 3. The van der Waals surface area contributed by atoms with Crippen molar-refractivity contribution in [2.45, 2.75) is 52.0 Å². The van der Waals surface area contributed by atoms with E-state index in [-0.39, 0.29) is 24.7 Å². The number of hydrogen-bond acceptors (Lipinski definition) is 7. The van der Waals surface area contributed by atoms with Crippen molar-refractivity contribution >= 4 is 23.1 Å². The third-order valence-corrected chi connectivity index (χ3v) is 6.03. The van der Waals surface area contributed by atoms with Crippen LogP contribution in [0.3, 0.4) is 0 Å². The first-order valence-corrected chi connectivity index (χ1v) is 10.6. The molecule has 0 spiro atoms. The Morgan fingerprint density at radius 2 is 2.16 bits per heavy atom. The van der Waals surface area contributed by atoms with E-state index < -0.39 is 11.6 Å². The summed E-state index contributed by atoms with van der Waals surface area (Å²) in [6.45, 7) is 5.71. The highest BCUT2D eigenvalue weighted by atomic mass is 16.6. The standard InChI is InChI=1S/C24H23N3O5/c1-4-24(30)18-9-19-21-16(11-27(19)22(28)17(18)12-31-23(24)29)8-14-6-5-7-15(20(14)26-21)10-25-32-13(2)3/h5-10,13,30H,4,11-12H2,1-3H3/b25-10+/t24-/m0/s1. The summed E-state index contributed by atoms with van der Waals surface area (Å²) in [7, 11) is 0. The lowest BCUT2D eigenvalue weighted by Gasteiger charge is -2.31. The number of ether oxygens (including phenoxy) is 1. The summed E-state index contributed by atoms with van der Waals surface area (Å²) in [6.07, 6.45) is 1.70. The first-order valence-electron chi connectivity index (χ1n) is 10.6.